The molecule has 23 heavy (non-hydrogen) atoms. The number of hydrogen-bond donors (Lipinski definition) is 3. The first-order valence-corrected chi connectivity index (χ1v) is 7.12. The number of carboxylic acids is 1. The lowest BCUT2D eigenvalue weighted by atomic mass is 10.1. The van der Waals surface area contributed by atoms with Crippen molar-refractivity contribution in [2.45, 2.75) is 26.4 Å². The van der Waals surface area contributed by atoms with Gasteiger partial charge in [0.1, 0.15) is 11.3 Å². The second-order valence-corrected chi connectivity index (χ2v) is 6.20. The van der Waals surface area contributed by atoms with Crippen molar-refractivity contribution < 1.29 is 19.4 Å². The molecule has 0 spiro atoms. The summed E-state index contributed by atoms with van der Waals surface area (Å²) in [6.45, 7) is 5.28. The fourth-order valence-electron chi connectivity index (χ4n) is 1.79. The number of H-pyrrole nitrogens is 1. The molecule has 0 fully saturated rings. The number of aromatic carboxylic acids is 1. The summed E-state index contributed by atoms with van der Waals surface area (Å²) < 4.78 is 5.17. The summed E-state index contributed by atoms with van der Waals surface area (Å²) in [6, 6.07) is 6.15. The Morgan fingerprint density at radius 1 is 1.30 bits per heavy atom. The zero-order valence-electron chi connectivity index (χ0n) is 12.8. The Labute approximate surface area is 137 Å². The second-order valence-electron chi connectivity index (χ2n) is 5.79. The molecule has 1 aromatic heterocycles. The topological polar surface area (TPSA) is 104 Å². The minimum absolute atomic E-state index is 0.0541. The quantitative estimate of drug-likeness (QED) is 0.790. The molecule has 2 rings (SSSR count). The van der Waals surface area contributed by atoms with Crippen LogP contribution in [0.2, 0.25) is 5.02 Å². The molecule has 0 saturated carbocycles. The smallest absolute Gasteiger partial charge is 0.412 e. The highest BCUT2D eigenvalue weighted by Gasteiger charge is 2.17. The molecular weight excluding hydrogens is 322 g/mol. The molecule has 1 heterocycles. The fourth-order valence-corrected chi connectivity index (χ4v) is 2.00. The van der Waals surface area contributed by atoms with E-state index >= 15 is 0 Å². The van der Waals surface area contributed by atoms with Gasteiger partial charge in [0.05, 0.1) is 10.7 Å². The number of rotatable bonds is 3. The average Bonchev–Trinajstić information content (AvgIpc) is 2.88. The van der Waals surface area contributed by atoms with Gasteiger partial charge in [0, 0.05) is 11.3 Å². The van der Waals surface area contributed by atoms with Crippen molar-refractivity contribution in [3.05, 3.63) is 35.0 Å². The number of carbonyl (C=O) groups is 2. The Morgan fingerprint density at radius 3 is 2.57 bits per heavy atom. The number of nitrogens with zero attached hydrogens (tertiary/aromatic N) is 1. The van der Waals surface area contributed by atoms with Gasteiger partial charge in [0.15, 0.2) is 0 Å². The molecule has 0 bridgehead atoms. The SMILES string of the molecule is CC(C)(C)OC(=O)Nc1ccc(Cl)c(-c2cc(C(=O)O)[nH]n2)c1. The van der Waals surface area contributed by atoms with Crippen molar-refractivity contribution in [1.82, 2.24) is 10.2 Å². The molecule has 0 unspecified atom stereocenters. The van der Waals surface area contributed by atoms with Crippen molar-refractivity contribution in [3.8, 4) is 11.3 Å². The molecule has 2 aromatic rings. The number of carbonyl (C=O) groups excluding carboxylic acids is 1. The standard InChI is InChI=1S/C15H16ClN3O4/c1-15(2,3)23-14(22)17-8-4-5-10(16)9(6-8)11-7-12(13(20)21)19-18-11/h4-7H,1-3H3,(H,17,22)(H,18,19)(H,20,21). The molecule has 0 saturated heterocycles. The maximum absolute atomic E-state index is 11.8. The zero-order valence-corrected chi connectivity index (χ0v) is 13.6. The van der Waals surface area contributed by atoms with Gasteiger partial charge in [-0.25, -0.2) is 9.59 Å². The largest absolute Gasteiger partial charge is 0.477 e. The molecule has 0 aliphatic carbocycles. The monoisotopic (exact) mass is 337 g/mol. The number of benzene rings is 1. The van der Waals surface area contributed by atoms with Crippen LogP contribution in [0.4, 0.5) is 10.5 Å². The summed E-state index contributed by atoms with van der Waals surface area (Å²) >= 11 is 6.12. The second kappa shape index (κ2) is 6.29. The van der Waals surface area contributed by atoms with Crippen LogP contribution in [-0.2, 0) is 4.74 Å². The Morgan fingerprint density at radius 2 is 2.00 bits per heavy atom. The highest BCUT2D eigenvalue weighted by Crippen LogP contribution is 2.30. The Bertz CT molecular complexity index is 749. The summed E-state index contributed by atoms with van der Waals surface area (Å²) in [4.78, 5) is 22.7. The van der Waals surface area contributed by atoms with Crippen LogP contribution in [0, 0.1) is 0 Å². The third-order valence-electron chi connectivity index (χ3n) is 2.70. The van der Waals surface area contributed by atoms with Crippen LogP contribution in [0.15, 0.2) is 24.3 Å². The zero-order chi connectivity index (χ0) is 17.2. The number of hydrogen-bond acceptors (Lipinski definition) is 4. The van der Waals surface area contributed by atoms with Gasteiger partial charge in [-0.1, -0.05) is 11.6 Å². The number of nitrogens with one attached hydrogen (secondary N) is 2. The normalized spacial score (nSPS) is 11.1. The van der Waals surface area contributed by atoms with Gasteiger partial charge in [-0.2, -0.15) is 5.10 Å². The van der Waals surface area contributed by atoms with Crippen LogP contribution in [-0.4, -0.2) is 33.0 Å². The minimum Gasteiger partial charge on any atom is -0.477 e. The van der Waals surface area contributed by atoms with E-state index in [2.05, 4.69) is 15.5 Å². The molecule has 0 aliphatic heterocycles. The van der Waals surface area contributed by atoms with E-state index in [1.54, 1.807) is 39.0 Å². The summed E-state index contributed by atoms with van der Waals surface area (Å²) in [5, 5.41) is 18.2. The number of halogens is 1. The van der Waals surface area contributed by atoms with Crippen molar-refractivity contribution >= 4 is 29.4 Å². The van der Waals surface area contributed by atoms with Gasteiger partial charge < -0.3 is 9.84 Å². The number of aromatic amines is 1. The first kappa shape index (κ1) is 16.8. The minimum atomic E-state index is -1.12. The van der Waals surface area contributed by atoms with Crippen LogP contribution in [0.1, 0.15) is 31.3 Å². The van der Waals surface area contributed by atoms with Gasteiger partial charge in [0.25, 0.3) is 0 Å². The molecule has 0 atom stereocenters. The average molecular weight is 338 g/mol. The predicted octanol–water partition coefficient (Wildman–Crippen LogP) is 3.78. The molecule has 1 aromatic carbocycles. The Kier molecular flexibility index (Phi) is 4.60. The summed E-state index contributed by atoms with van der Waals surface area (Å²) in [7, 11) is 0. The Hall–Kier alpha value is -2.54. The van der Waals surface area contributed by atoms with Crippen LogP contribution < -0.4 is 5.32 Å². The number of aromatic nitrogens is 2. The summed E-state index contributed by atoms with van der Waals surface area (Å²) in [5.41, 5.74) is 0.641. The molecular formula is C15H16ClN3O4. The lowest BCUT2D eigenvalue weighted by Gasteiger charge is -2.19. The summed E-state index contributed by atoms with van der Waals surface area (Å²) in [5.74, 6) is -1.12. The van der Waals surface area contributed by atoms with E-state index in [1.165, 1.54) is 6.07 Å². The maximum atomic E-state index is 11.8. The van der Waals surface area contributed by atoms with Gasteiger partial charge in [-0.3, -0.25) is 10.4 Å². The third-order valence-corrected chi connectivity index (χ3v) is 3.03. The van der Waals surface area contributed by atoms with Gasteiger partial charge in [0.2, 0.25) is 0 Å². The number of amides is 1. The maximum Gasteiger partial charge on any atom is 0.412 e. The molecule has 0 radical (unpaired) electrons. The van der Waals surface area contributed by atoms with E-state index in [0.29, 0.717) is 22.0 Å². The molecule has 8 heteroatoms. The van der Waals surface area contributed by atoms with Crippen molar-refractivity contribution in [2.24, 2.45) is 0 Å². The number of anilines is 1. The van der Waals surface area contributed by atoms with E-state index in [9.17, 15) is 9.59 Å². The molecule has 0 aliphatic rings. The lowest BCUT2D eigenvalue weighted by molar-refractivity contribution is 0.0634. The van der Waals surface area contributed by atoms with Gasteiger partial charge in [-0.05, 0) is 45.0 Å². The molecule has 3 N–H and O–H groups in total. The van der Waals surface area contributed by atoms with E-state index in [0.717, 1.165) is 0 Å². The van der Waals surface area contributed by atoms with E-state index < -0.39 is 17.7 Å². The third kappa shape index (κ3) is 4.46. The van der Waals surface area contributed by atoms with Crippen LogP contribution in [0.25, 0.3) is 11.3 Å². The van der Waals surface area contributed by atoms with Crippen LogP contribution in [0.5, 0.6) is 0 Å². The van der Waals surface area contributed by atoms with Crippen molar-refractivity contribution in [1.29, 1.82) is 0 Å². The first-order valence-electron chi connectivity index (χ1n) is 6.74. The van der Waals surface area contributed by atoms with Gasteiger partial charge in [-0.15, -0.1) is 0 Å². The van der Waals surface area contributed by atoms with Crippen molar-refractivity contribution in [2.75, 3.05) is 5.32 Å². The Balaban J connectivity index is 2.25. The predicted molar refractivity (Wildman–Crippen MR) is 85.8 cm³/mol. The van der Waals surface area contributed by atoms with Crippen molar-refractivity contribution in [3.63, 3.8) is 0 Å². The lowest BCUT2D eigenvalue weighted by Crippen LogP contribution is -2.27. The first-order chi connectivity index (χ1) is 10.7. The highest BCUT2D eigenvalue weighted by atomic mass is 35.5. The van der Waals surface area contributed by atoms with Crippen LogP contribution in [0.3, 0.4) is 0 Å². The summed E-state index contributed by atoms with van der Waals surface area (Å²) in [6.07, 6.45) is -0.598. The number of ether oxygens (including phenoxy) is 1. The molecule has 7 nitrogen and oxygen atoms in total. The van der Waals surface area contributed by atoms with Crippen LogP contribution >= 0.6 is 11.6 Å². The fraction of sp³-hybridized carbons (Fsp3) is 0.267. The van der Waals surface area contributed by atoms with Gasteiger partial charge >= 0.3 is 12.1 Å². The highest BCUT2D eigenvalue weighted by molar-refractivity contribution is 6.33. The van der Waals surface area contributed by atoms with E-state index in [1.807, 2.05) is 0 Å². The molecule has 122 valence electrons. The number of carboxylic acid groups (broad SMARTS) is 1. The molecule has 1 amide bonds. The van der Waals surface area contributed by atoms with E-state index in [4.69, 9.17) is 21.4 Å². The van der Waals surface area contributed by atoms with E-state index in [-0.39, 0.29) is 5.69 Å².